The number of benzene rings is 2. The molecule has 2 aromatic rings. The Balaban J connectivity index is 2.08. The molecule has 24 heavy (non-hydrogen) atoms. The third-order valence-electron chi connectivity index (χ3n) is 3.45. The number of methoxy groups -OCH3 is 1. The zero-order valence-corrected chi connectivity index (χ0v) is 13.9. The van der Waals surface area contributed by atoms with Gasteiger partial charge in [-0.3, -0.25) is 4.79 Å². The zero-order valence-electron chi connectivity index (χ0n) is 13.0. The van der Waals surface area contributed by atoms with Crippen LogP contribution in [0.1, 0.15) is 12.0 Å². The molecule has 0 saturated heterocycles. The van der Waals surface area contributed by atoms with Crippen LogP contribution in [0.3, 0.4) is 0 Å². The van der Waals surface area contributed by atoms with Gasteiger partial charge in [-0.05, 0) is 42.7 Å². The summed E-state index contributed by atoms with van der Waals surface area (Å²) < 4.78 is 43.6. The number of thioether (sulfide) groups is 1. The summed E-state index contributed by atoms with van der Waals surface area (Å²) in [7, 11) is 1.55. The van der Waals surface area contributed by atoms with Crippen molar-refractivity contribution in [1.82, 2.24) is 0 Å². The Morgan fingerprint density at radius 2 is 1.71 bits per heavy atom. The highest BCUT2D eigenvalue weighted by atomic mass is 32.2. The van der Waals surface area contributed by atoms with Gasteiger partial charge in [-0.1, -0.05) is 30.3 Å². The molecule has 2 rings (SSSR count). The molecule has 0 aliphatic carbocycles. The summed E-state index contributed by atoms with van der Waals surface area (Å²) in [4.78, 5) is 12.4. The number of alkyl halides is 3. The first kappa shape index (κ1) is 18.4. The number of rotatable bonds is 7. The largest absolute Gasteiger partial charge is 0.497 e. The molecule has 0 aliphatic rings. The van der Waals surface area contributed by atoms with Crippen LogP contribution in [0.25, 0.3) is 0 Å². The fourth-order valence-electron chi connectivity index (χ4n) is 2.18. The fourth-order valence-corrected chi connectivity index (χ4v) is 3.30. The van der Waals surface area contributed by atoms with Crippen molar-refractivity contribution in [1.29, 1.82) is 0 Å². The van der Waals surface area contributed by atoms with E-state index in [0.29, 0.717) is 17.1 Å². The normalized spacial score (nSPS) is 12.7. The first-order valence-electron chi connectivity index (χ1n) is 7.36. The maximum atomic E-state index is 12.8. The van der Waals surface area contributed by atoms with E-state index in [4.69, 9.17) is 4.74 Å². The number of hydrogen-bond acceptors (Lipinski definition) is 3. The molecule has 0 radical (unpaired) electrons. The van der Waals surface area contributed by atoms with E-state index in [1.54, 1.807) is 61.7 Å². The predicted octanol–water partition coefficient (Wildman–Crippen LogP) is 4.92. The Morgan fingerprint density at radius 1 is 1.08 bits per heavy atom. The Hall–Kier alpha value is -1.95. The highest BCUT2D eigenvalue weighted by Crippen LogP contribution is 2.32. The molecule has 2 aromatic carbocycles. The first-order chi connectivity index (χ1) is 11.4. The molecule has 0 N–H and O–H groups in total. The highest BCUT2D eigenvalue weighted by molar-refractivity contribution is 8.00. The third kappa shape index (κ3) is 5.30. The quantitative estimate of drug-likeness (QED) is 0.660. The summed E-state index contributed by atoms with van der Waals surface area (Å²) in [5.41, 5.74) is 0.865. The molecule has 0 fully saturated rings. The van der Waals surface area contributed by atoms with E-state index < -0.39 is 17.2 Å². The molecule has 1 atom stereocenters. The third-order valence-corrected chi connectivity index (χ3v) is 4.73. The van der Waals surface area contributed by atoms with Crippen molar-refractivity contribution in [3.05, 3.63) is 60.2 Å². The van der Waals surface area contributed by atoms with E-state index >= 15 is 0 Å². The van der Waals surface area contributed by atoms with Crippen molar-refractivity contribution in [2.75, 3.05) is 7.11 Å². The van der Waals surface area contributed by atoms with Crippen LogP contribution in [0.5, 0.6) is 5.75 Å². The van der Waals surface area contributed by atoms with Gasteiger partial charge in [0.15, 0.2) is 0 Å². The Kier molecular flexibility index (Phi) is 6.31. The second-order valence-corrected chi connectivity index (χ2v) is 6.44. The van der Waals surface area contributed by atoms with Gasteiger partial charge < -0.3 is 4.74 Å². The van der Waals surface area contributed by atoms with E-state index in [1.165, 1.54) is 0 Å². The van der Waals surface area contributed by atoms with Gasteiger partial charge in [0.2, 0.25) is 5.78 Å². The summed E-state index contributed by atoms with van der Waals surface area (Å²) in [5.74, 6) is -1.01. The minimum atomic E-state index is -4.83. The summed E-state index contributed by atoms with van der Waals surface area (Å²) in [5, 5.41) is -1.16. The molecule has 0 spiro atoms. The van der Waals surface area contributed by atoms with Gasteiger partial charge in [-0.2, -0.15) is 13.2 Å². The second-order valence-electron chi connectivity index (χ2n) is 5.17. The van der Waals surface area contributed by atoms with Gasteiger partial charge in [-0.15, -0.1) is 11.8 Å². The van der Waals surface area contributed by atoms with E-state index in [2.05, 4.69) is 0 Å². The molecule has 0 heterocycles. The van der Waals surface area contributed by atoms with Crippen LogP contribution < -0.4 is 4.74 Å². The highest BCUT2D eigenvalue weighted by Gasteiger charge is 2.43. The Morgan fingerprint density at radius 3 is 2.25 bits per heavy atom. The van der Waals surface area contributed by atoms with Crippen molar-refractivity contribution in [2.45, 2.75) is 29.2 Å². The van der Waals surface area contributed by atoms with Gasteiger partial charge in [0.1, 0.15) is 5.75 Å². The number of aryl methyl sites for hydroxylation is 1. The predicted molar refractivity (Wildman–Crippen MR) is 88.5 cm³/mol. The fraction of sp³-hybridized carbons (Fsp3) is 0.278. The first-order valence-corrected chi connectivity index (χ1v) is 8.24. The molecule has 0 bridgehead atoms. The summed E-state index contributed by atoms with van der Waals surface area (Å²) in [6.07, 6.45) is -4.33. The van der Waals surface area contributed by atoms with Crippen molar-refractivity contribution >= 4 is 17.5 Å². The number of ketones is 1. The topological polar surface area (TPSA) is 26.3 Å². The summed E-state index contributed by atoms with van der Waals surface area (Å²) >= 11 is 0.956. The number of halogens is 3. The number of hydrogen-bond donors (Lipinski definition) is 0. The maximum absolute atomic E-state index is 12.8. The molecule has 6 heteroatoms. The lowest BCUT2D eigenvalue weighted by Crippen LogP contribution is -2.32. The molecular formula is C18H17F3O2S. The lowest BCUT2D eigenvalue weighted by Gasteiger charge is -2.17. The van der Waals surface area contributed by atoms with Crippen molar-refractivity contribution in [2.24, 2.45) is 0 Å². The number of carbonyl (C=O) groups is 1. The van der Waals surface area contributed by atoms with Crippen molar-refractivity contribution in [3.8, 4) is 5.75 Å². The van der Waals surface area contributed by atoms with Gasteiger partial charge >= 0.3 is 6.18 Å². The van der Waals surface area contributed by atoms with Gasteiger partial charge in [0.05, 0.1) is 12.4 Å². The summed E-state index contributed by atoms with van der Waals surface area (Å²) in [6, 6.07) is 15.7. The van der Waals surface area contributed by atoms with E-state index in [-0.39, 0.29) is 6.42 Å². The van der Waals surface area contributed by atoms with Gasteiger partial charge in [0.25, 0.3) is 0 Å². The molecule has 0 aromatic heterocycles. The smallest absolute Gasteiger partial charge is 0.451 e. The molecule has 0 aliphatic heterocycles. The number of ether oxygens (including phenoxy) is 1. The Bertz CT molecular complexity index is 654. The van der Waals surface area contributed by atoms with Crippen LogP contribution in [-0.4, -0.2) is 24.3 Å². The average Bonchev–Trinajstić information content (AvgIpc) is 2.58. The van der Waals surface area contributed by atoms with Crippen molar-refractivity contribution < 1.29 is 22.7 Å². The maximum Gasteiger partial charge on any atom is 0.451 e. The van der Waals surface area contributed by atoms with Crippen LogP contribution in [0.4, 0.5) is 13.2 Å². The van der Waals surface area contributed by atoms with Crippen LogP contribution in [-0.2, 0) is 11.2 Å². The van der Waals surface area contributed by atoms with E-state index in [1.807, 2.05) is 0 Å². The van der Waals surface area contributed by atoms with Crippen LogP contribution >= 0.6 is 11.8 Å². The lowest BCUT2D eigenvalue weighted by molar-refractivity contribution is -0.170. The van der Waals surface area contributed by atoms with Gasteiger partial charge in [0, 0.05) is 4.90 Å². The van der Waals surface area contributed by atoms with E-state index in [9.17, 15) is 18.0 Å². The zero-order chi connectivity index (χ0) is 17.6. The SMILES string of the molecule is COc1ccc(CCC(Sc2ccccc2)C(=O)C(F)(F)F)cc1. The molecule has 0 amide bonds. The standard InChI is InChI=1S/C18H17F3O2S/c1-23-14-10-7-13(8-11-14)9-12-16(17(22)18(19,20)21)24-15-5-3-2-4-6-15/h2-8,10-11,16H,9,12H2,1H3. The minimum Gasteiger partial charge on any atom is -0.497 e. The molecular weight excluding hydrogens is 337 g/mol. The second kappa shape index (κ2) is 8.24. The number of Topliss-reactive ketones (excluding diaryl/α,β-unsaturated/α-hetero) is 1. The molecule has 1 unspecified atom stereocenters. The van der Waals surface area contributed by atoms with Crippen molar-refractivity contribution in [3.63, 3.8) is 0 Å². The Labute approximate surface area is 143 Å². The van der Waals surface area contributed by atoms with Gasteiger partial charge in [-0.25, -0.2) is 0 Å². The van der Waals surface area contributed by atoms with E-state index in [0.717, 1.165) is 17.3 Å². The molecule has 128 valence electrons. The monoisotopic (exact) mass is 354 g/mol. The molecule has 2 nitrogen and oxygen atoms in total. The lowest BCUT2D eigenvalue weighted by atomic mass is 10.1. The average molecular weight is 354 g/mol. The number of carbonyl (C=O) groups excluding carboxylic acids is 1. The van der Waals surface area contributed by atoms with Crippen LogP contribution in [0, 0.1) is 0 Å². The molecule has 0 saturated carbocycles. The summed E-state index contributed by atoms with van der Waals surface area (Å²) in [6.45, 7) is 0. The minimum absolute atomic E-state index is 0.115. The van der Waals surface area contributed by atoms with Crippen LogP contribution in [0.15, 0.2) is 59.5 Å². The van der Waals surface area contributed by atoms with Crippen LogP contribution in [0.2, 0.25) is 0 Å².